The lowest BCUT2D eigenvalue weighted by atomic mass is 10.2. The van der Waals surface area contributed by atoms with Gasteiger partial charge in [-0.1, -0.05) is 12.1 Å². The lowest BCUT2D eigenvalue weighted by Gasteiger charge is -2.37. The maximum atomic E-state index is 12.6. The number of rotatable bonds is 4. The van der Waals surface area contributed by atoms with Crippen molar-refractivity contribution in [3.05, 3.63) is 59.0 Å². The summed E-state index contributed by atoms with van der Waals surface area (Å²) in [5.74, 6) is 1.79. The first-order chi connectivity index (χ1) is 14.2. The number of hydrogen-bond donors (Lipinski definition) is 1. The van der Waals surface area contributed by atoms with E-state index < -0.39 is 0 Å². The summed E-state index contributed by atoms with van der Waals surface area (Å²) in [6, 6.07) is 16.2. The van der Waals surface area contributed by atoms with Gasteiger partial charge < -0.3 is 15.0 Å². The minimum Gasteiger partial charge on any atom is -0.497 e. The average Bonchev–Trinajstić information content (AvgIpc) is 3.19. The molecule has 7 heteroatoms. The summed E-state index contributed by atoms with van der Waals surface area (Å²) in [6.45, 7) is 5.54. The summed E-state index contributed by atoms with van der Waals surface area (Å²) in [4.78, 5) is 21.8. The SMILES string of the molecule is COc1ccc(N2CCN(CC3CNc4c5ccccc5nc(=O)n43)CC2)cc1. The van der Waals surface area contributed by atoms with Gasteiger partial charge in [-0.2, -0.15) is 4.98 Å². The fraction of sp³-hybridized carbons (Fsp3) is 0.364. The van der Waals surface area contributed by atoms with Crippen LogP contribution in [0.5, 0.6) is 5.75 Å². The first kappa shape index (κ1) is 18.0. The van der Waals surface area contributed by atoms with Crippen molar-refractivity contribution in [2.45, 2.75) is 6.04 Å². The number of nitrogens with one attached hydrogen (secondary N) is 1. The van der Waals surface area contributed by atoms with Crippen molar-refractivity contribution in [3.8, 4) is 5.75 Å². The van der Waals surface area contributed by atoms with Crippen LogP contribution < -0.4 is 20.6 Å². The molecule has 0 bridgehead atoms. The Bertz CT molecular complexity index is 1070. The van der Waals surface area contributed by atoms with Crippen LogP contribution >= 0.6 is 0 Å². The van der Waals surface area contributed by atoms with Gasteiger partial charge in [-0.3, -0.25) is 9.47 Å². The number of nitrogens with zero attached hydrogens (tertiary/aromatic N) is 4. The van der Waals surface area contributed by atoms with Crippen molar-refractivity contribution in [1.29, 1.82) is 0 Å². The van der Waals surface area contributed by atoms with E-state index in [1.165, 1.54) is 5.69 Å². The molecule has 0 spiro atoms. The van der Waals surface area contributed by atoms with Gasteiger partial charge in [-0.25, -0.2) is 4.79 Å². The number of para-hydroxylation sites is 1. The Morgan fingerprint density at radius 1 is 1.07 bits per heavy atom. The van der Waals surface area contributed by atoms with Crippen molar-refractivity contribution < 1.29 is 4.74 Å². The molecule has 2 aliphatic heterocycles. The van der Waals surface area contributed by atoms with Crippen molar-refractivity contribution >= 4 is 22.4 Å². The maximum absolute atomic E-state index is 12.6. The van der Waals surface area contributed by atoms with Crippen LogP contribution in [-0.2, 0) is 0 Å². The highest BCUT2D eigenvalue weighted by molar-refractivity contribution is 5.89. The van der Waals surface area contributed by atoms with Crippen LogP contribution in [-0.4, -0.2) is 60.8 Å². The summed E-state index contributed by atoms with van der Waals surface area (Å²) < 4.78 is 7.09. The van der Waals surface area contributed by atoms with E-state index >= 15 is 0 Å². The van der Waals surface area contributed by atoms with Gasteiger partial charge in [0.25, 0.3) is 0 Å². The van der Waals surface area contributed by atoms with Gasteiger partial charge in [0.15, 0.2) is 0 Å². The van der Waals surface area contributed by atoms with Crippen molar-refractivity contribution in [3.63, 3.8) is 0 Å². The summed E-state index contributed by atoms with van der Waals surface area (Å²) in [7, 11) is 1.69. The van der Waals surface area contributed by atoms with Crippen LogP contribution in [0.4, 0.5) is 11.5 Å². The van der Waals surface area contributed by atoms with Crippen molar-refractivity contribution in [2.24, 2.45) is 0 Å². The number of aromatic nitrogens is 2. The molecule has 29 heavy (non-hydrogen) atoms. The standard InChI is InChI=1S/C22H25N5O2/c1-29-18-8-6-16(7-9-18)26-12-10-25(11-13-26)15-17-14-23-21-19-4-2-3-5-20(19)24-22(28)27(17)21/h2-9,17,23H,10-15H2,1H3. The topological polar surface area (TPSA) is 62.6 Å². The van der Waals surface area contributed by atoms with E-state index in [0.29, 0.717) is 0 Å². The van der Waals surface area contributed by atoms with Gasteiger partial charge in [0, 0.05) is 50.3 Å². The Kier molecular flexibility index (Phi) is 4.60. The summed E-state index contributed by atoms with van der Waals surface area (Å²) in [5.41, 5.74) is 1.82. The molecule has 1 atom stereocenters. The smallest absolute Gasteiger partial charge is 0.350 e. The van der Waals surface area contributed by atoms with E-state index in [1.807, 2.05) is 41.0 Å². The first-order valence-corrected chi connectivity index (χ1v) is 10.1. The predicted molar refractivity (Wildman–Crippen MR) is 115 cm³/mol. The van der Waals surface area contributed by atoms with E-state index in [4.69, 9.17) is 4.74 Å². The summed E-state index contributed by atoms with van der Waals surface area (Å²) in [6.07, 6.45) is 0. The molecule has 7 nitrogen and oxygen atoms in total. The normalized spacial score (nSPS) is 19.2. The molecule has 150 valence electrons. The molecule has 1 aromatic heterocycles. The largest absolute Gasteiger partial charge is 0.497 e. The molecular weight excluding hydrogens is 366 g/mol. The lowest BCUT2D eigenvalue weighted by molar-refractivity contribution is 0.226. The Balaban J connectivity index is 1.27. The predicted octanol–water partition coefficient (Wildman–Crippen LogP) is 2.19. The second kappa shape index (κ2) is 7.40. The van der Waals surface area contributed by atoms with E-state index in [0.717, 1.165) is 61.7 Å². The Morgan fingerprint density at radius 3 is 2.59 bits per heavy atom. The van der Waals surface area contributed by atoms with Gasteiger partial charge in [0.1, 0.15) is 11.6 Å². The number of hydrogen-bond acceptors (Lipinski definition) is 6. The number of anilines is 2. The third kappa shape index (κ3) is 3.31. The summed E-state index contributed by atoms with van der Waals surface area (Å²) in [5, 5.41) is 4.46. The van der Waals surface area contributed by atoms with E-state index in [9.17, 15) is 4.79 Å². The zero-order valence-electron chi connectivity index (χ0n) is 16.5. The molecule has 3 aromatic rings. The quantitative estimate of drug-likeness (QED) is 0.736. The average molecular weight is 391 g/mol. The highest BCUT2D eigenvalue weighted by atomic mass is 16.5. The third-order valence-corrected chi connectivity index (χ3v) is 5.97. The molecule has 0 saturated carbocycles. The molecule has 0 aliphatic carbocycles. The molecule has 1 unspecified atom stereocenters. The van der Waals surface area contributed by atoms with Crippen molar-refractivity contribution in [1.82, 2.24) is 14.5 Å². The molecule has 1 fully saturated rings. The molecule has 1 N–H and O–H groups in total. The van der Waals surface area contributed by atoms with Gasteiger partial charge in [0.05, 0.1) is 18.7 Å². The molecular formula is C22H25N5O2. The second-order valence-electron chi connectivity index (χ2n) is 7.65. The van der Waals surface area contributed by atoms with Gasteiger partial charge in [0.2, 0.25) is 0 Å². The minimum absolute atomic E-state index is 0.113. The Labute approximate surface area is 169 Å². The van der Waals surface area contributed by atoms with E-state index in [1.54, 1.807) is 7.11 Å². The Hall–Kier alpha value is -3.06. The number of benzene rings is 2. The minimum atomic E-state index is -0.162. The zero-order valence-corrected chi connectivity index (χ0v) is 16.5. The summed E-state index contributed by atoms with van der Waals surface area (Å²) >= 11 is 0. The maximum Gasteiger partial charge on any atom is 0.350 e. The number of fused-ring (bicyclic) bond motifs is 3. The van der Waals surface area contributed by atoms with Crippen LogP contribution in [0.3, 0.4) is 0 Å². The highest BCUT2D eigenvalue weighted by Gasteiger charge is 2.28. The van der Waals surface area contributed by atoms with Crippen LogP contribution in [0, 0.1) is 0 Å². The Morgan fingerprint density at radius 2 is 1.83 bits per heavy atom. The van der Waals surface area contributed by atoms with Crippen molar-refractivity contribution in [2.75, 3.05) is 56.6 Å². The van der Waals surface area contributed by atoms with Crippen LogP contribution in [0.1, 0.15) is 6.04 Å². The molecule has 2 aliphatic rings. The number of ether oxygens (including phenoxy) is 1. The fourth-order valence-electron chi connectivity index (χ4n) is 4.40. The fourth-order valence-corrected chi connectivity index (χ4v) is 4.40. The second-order valence-corrected chi connectivity index (χ2v) is 7.65. The molecule has 5 rings (SSSR count). The number of piperazine rings is 1. The monoisotopic (exact) mass is 391 g/mol. The van der Waals surface area contributed by atoms with E-state index in [2.05, 4.69) is 32.2 Å². The van der Waals surface area contributed by atoms with Gasteiger partial charge >= 0.3 is 5.69 Å². The van der Waals surface area contributed by atoms with Crippen LogP contribution in [0.15, 0.2) is 53.3 Å². The highest BCUT2D eigenvalue weighted by Crippen LogP contribution is 2.28. The third-order valence-electron chi connectivity index (χ3n) is 5.97. The molecule has 0 radical (unpaired) electrons. The number of methoxy groups -OCH3 is 1. The molecule has 3 heterocycles. The molecule has 0 amide bonds. The zero-order chi connectivity index (χ0) is 19.8. The van der Waals surface area contributed by atoms with E-state index in [-0.39, 0.29) is 11.7 Å². The van der Waals surface area contributed by atoms with Gasteiger partial charge in [-0.15, -0.1) is 0 Å². The molecule has 1 saturated heterocycles. The first-order valence-electron chi connectivity index (χ1n) is 10.1. The van der Waals surface area contributed by atoms with Crippen LogP contribution in [0.2, 0.25) is 0 Å². The lowest BCUT2D eigenvalue weighted by Crippen LogP contribution is -2.48. The van der Waals surface area contributed by atoms with Gasteiger partial charge in [-0.05, 0) is 36.4 Å². The molecule has 2 aromatic carbocycles. The van der Waals surface area contributed by atoms with Crippen LogP contribution in [0.25, 0.3) is 10.9 Å².